The van der Waals surface area contributed by atoms with Gasteiger partial charge >= 0.3 is 7.12 Å². The first-order chi connectivity index (χ1) is 13.1. The molecule has 2 aromatic carbocycles. The molecule has 1 aliphatic rings. The quantitative estimate of drug-likeness (QED) is 0.613. The molecule has 1 heterocycles. The highest BCUT2D eigenvalue weighted by atomic mass is 28.3. The summed E-state index contributed by atoms with van der Waals surface area (Å²) in [5.74, 6) is 0. The second kappa shape index (κ2) is 8.02. The van der Waals surface area contributed by atoms with Crippen LogP contribution in [0.3, 0.4) is 0 Å². The van der Waals surface area contributed by atoms with Crippen molar-refractivity contribution in [1.29, 1.82) is 0 Å². The van der Waals surface area contributed by atoms with Gasteiger partial charge in [-0.3, -0.25) is 0 Å². The lowest BCUT2D eigenvalue weighted by atomic mass is 9.84. The van der Waals surface area contributed by atoms with E-state index >= 15 is 0 Å². The van der Waals surface area contributed by atoms with Gasteiger partial charge in [-0.1, -0.05) is 90.2 Å². The Bertz CT molecular complexity index is 797. The first kappa shape index (κ1) is 21.1. The SMILES string of the molecule is CC1(C)OB(C/C(=C\Cc2ccccc2)[Si](C)(C)c2ccccc2)OC1(C)C. The summed E-state index contributed by atoms with van der Waals surface area (Å²) in [7, 11) is -2.01. The van der Waals surface area contributed by atoms with Gasteiger partial charge in [-0.2, -0.15) is 0 Å². The lowest BCUT2D eigenvalue weighted by molar-refractivity contribution is 0.00578. The van der Waals surface area contributed by atoms with Crippen LogP contribution in [0.15, 0.2) is 71.9 Å². The van der Waals surface area contributed by atoms with E-state index in [1.165, 1.54) is 15.9 Å². The predicted octanol–water partition coefficient (Wildman–Crippen LogP) is 5.40. The molecule has 0 amide bonds. The summed E-state index contributed by atoms with van der Waals surface area (Å²) in [5, 5.41) is 2.94. The van der Waals surface area contributed by atoms with Crippen molar-refractivity contribution in [2.24, 2.45) is 0 Å². The summed E-state index contributed by atoms with van der Waals surface area (Å²) in [5.41, 5.74) is 0.758. The van der Waals surface area contributed by atoms with Crippen molar-refractivity contribution < 1.29 is 9.31 Å². The molecule has 2 nitrogen and oxygen atoms in total. The Morgan fingerprint density at radius 2 is 1.36 bits per heavy atom. The fourth-order valence-electron chi connectivity index (χ4n) is 3.72. The zero-order valence-corrected chi connectivity index (χ0v) is 19.2. The van der Waals surface area contributed by atoms with Crippen LogP contribution in [0.1, 0.15) is 33.3 Å². The molecule has 0 spiro atoms. The van der Waals surface area contributed by atoms with Gasteiger partial charge in [0.25, 0.3) is 0 Å². The number of hydrogen-bond acceptors (Lipinski definition) is 2. The Kier molecular flexibility index (Phi) is 6.04. The minimum absolute atomic E-state index is 0.192. The number of benzene rings is 2. The van der Waals surface area contributed by atoms with Crippen molar-refractivity contribution in [2.75, 3.05) is 0 Å². The zero-order chi connectivity index (χ0) is 20.4. The van der Waals surface area contributed by atoms with E-state index in [1.807, 2.05) is 0 Å². The van der Waals surface area contributed by atoms with Crippen molar-refractivity contribution in [1.82, 2.24) is 0 Å². The van der Waals surface area contributed by atoms with Crippen molar-refractivity contribution in [3.63, 3.8) is 0 Å². The van der Waals surface area contributed by atoms with Gasteiger partial charge in [-0.05, 0) is 39.7 Å². The third-order valence-corrected chi connectivity index (χ3v) is 10.2. The van der Waals surface area contributed by atoms with Crippen LogP contribution >= 0.6 is 0 Å². The van der Waals surface area contributed by atoms with Crippen LogP contribution in [-0.2, 0) is 15.7 Å². The summed E-state index contributed by atoms with van der Waals surface area (Å²) < 4.78 is 12.7. The van der Waals surface area contributed by atoms with Crippen molar-refractivity contribution in [3.05, 3.63) is 77.5 Å². The zero-order valence-electron chi connectivity index (χ0n) is 18.2. The molecule has 1 saturated heterocycles. The lowest BCUT2D eigenvalue weighted by Gasteiger charge is -2.32. The van der Waals surface area contributed by atoms with Gasteiger partial charge in [-0.25, -0.2) is 0 Å². The molecule has 1 aliphatic heterocycles. The first-order valence-electron chi connectivity index (χ1n) is 10.3. The molecule has 2 aromatic rings. The molecule has 0 N–H and O–H groups in total. The van der Waals surface area contributed by atoms with Crippen LogP contribution in [0.4, 0.5) is 0 Å². The Balaban J connectivity index is 1.89. The van der Waals surface area contributed by atoms with E-state index in [0.29, 0.717) is 0 Å². The minimum atomic E-state index is -1.82. The largest absolute Gasteiger partial charge is 0.461 e. The van der Waals surface area contributed by atoms with Crippen LogP contribution in [-0.4, -0.2) is 26.4 Å². The molecule has 0 atom stereocenters. The van der Waals surface area contributed by atoms with Crippen LogP contribution in [0.2, 0.25) is 19.4 Å². The smallest absolute Gasteiger partial charge is 0.403 e. The van der Waals surface area contributed by atoms with E-state index in [9.17, 15) is 0 Å². The summed E-state index contributed by atoms with van der Waals surface area (Å²) in [6.07, 6.45) is 4.20. The molecule has 0 bridgehead atoms. The van der Waals surface area contributed by atoms with Crippen molar-refractivity contribution in [2.45, 2.75) is 64.7 Å². The molecule has 0 aromatic heterocycles. The first-order valence-corrected chi connectivity index (χ1v) is 13.3. The maximum absolute atomic E-state index is 6.34. The number of rotatable bonds is 6. The molecule has 0 aliphatic carbocycles. The van der Waals surface area contributed by atoms with Gasteiger partial charge < -0.3 is 9.31 Å². The van der Waals surface area contributed by atoms with Gasteiger partial charge in [-0.15, -0.1) is 0 Å². The molecule has 4 heteroatoms. The Morgan fingerprint density at radius 3 is 1.89 bits per heavy atom. The number of hydrogen-bond donors (Lipinski definition) is 0. The van der Waals surface area contributed by atoms with E-state index in [1.54, 1.807) is 0 Å². The lowest BCUT2D eigenvalue weighted by Crippen LogP contribution is -2.45. The van der Waals surface area contributed by atoms with E-state index in [0.717, 1.165) is 12.7 Å². The Morgan fingerprint density at radius 1 is 0.857 bits per heavy atom. The molecular weight excluding hydrogens is 359 g/mol. The molecule has 0 saturated carbocycles. The predicted molar refractivity (Wildman–Crippen MR) is 123 cm³/mol. The highest BCUT2D eigenvalue weighted by Gasteiger charge is 2.51. The second-order valence-electron chi connectivity index (χ2n) is 9.30. The highest BCUT2D eigenvalue weighted by Crippen LogP contribution is 2.39. The van der Waals surface area contributed by atoms with Gasteiger partial charge in [0.1, 0.15) is 8.07 Å². The summed E-state index contributed by atoms with van der Waals surface area (Å²) >= 11 is 0. The van der Waals surface area contributed by atoms with Crippen LogP contribution in [0.25, 0.3) is 0 Å². The van der Waals surface area contributed by atoms with E-state index in [2.05, 4.69) is 108 Å². The fourth-order valence-corrected chi connectivity index (χ4v) is 6.40. The van der Waals surface area contributed by atoms with Gasteiger partial charge in [0.05, 0.1) is 11.2 Å². The van der Waals surface area contributed by atoms with Gasteiger partial charge in [0.2, 0.25) is 0 Å². The van der Waals surface area contributed by atoms with Gasteiger partial charge in [0, 0.05) is 6.32 Å². The average molecular weight is 392 g/mol. The minimum Gasteiger partial charge on any atom is -0.403 e. The average Bonchev–Trinajstić information content (AvgIpc) is 2.86. The number of allylic oxidation sites excluding steroid dienone is 2. The molecule has 148 valence electrons. The van der Waals surface area contributed by atoms with Crippen molar-refractivity contribution >= 4 is 20.4 Å². The molecule has 3 rings (SSSR count). The highest BCUT2D eigenvalue weighted by molar-refractivity contribution is 6.96. The Hall–Kier alpha value is -1.62. The molecule has 0 unspecified atom stereocenters. The van der Waals surface area contributed by atoms with E-state index in [4.69, 9.17) is 9.31 Å². The van der Waals surface area contributed by atoms with E-state index in [-0.39, 0.29) is 18.3 Å². The summed E-state index contributed by atoms with van der Waals surface area (Å²) in [4.78, 5) is 0. The van der Waals surface area contributed by atoms with E-state index < -0.39 is 8.07 Å². The molecule has 1 fully saturated rings. The summed E-state index contributed by atoms with van der Waals surface area (Å²) in [6, 6.07) is 21.6. The third-order valence-electron chi connectivity index (χ3n) is 6.41. The molecular formula is C24H33BO2Si. The molecule has 0 radical (unpaired) electrons. The van der Waals surface area contributed by atoms with Crippen LogP contribution < -0.4 is 5.19 Å². The Labute approximate surface area is 172 Å². The van der Waals surface area contributed by atoms with Gasteiger partial charge in [0.15, 0.2) is 0 Å². The molecule has 28 heavy (non-hydrogen) atoms. The second-order valence-corrected chi connectivity index (χ2v) is 13.8. The maximum atomic E-state index is 6.34. The van der Waals surface area contributed by atoms with Crippen LogP contribution in [0.5, 0.6) is 0 Å². The van der Waals surface area contributed by atoms with Crippen molar-refractivity contribution in [3.8, 4) is 0 Å². The topological polar surface area (TPSA) is 18.5 Å². The normalized spacial score (nSPS) is 19.1. The fraction of sp³-hybridized carbons (Fsp3) is 0.417. The standard InChI is InChI=1S/C24H33BO2Si/c1-23(2)24(3,4)27-25(26-23)19-22(18-17-20-13-9-7-10-14-20)28(5,6)21-15-11-8-12-16-21/h7-16,18H,17,19H2,1-6H3/b22-18+. The van der Waals surface area contributed by atoms with Crippen LogP contribution in [0, 0.1) is 0 Å². The summed E-state index contributed by atoms with van der Waals surface area (Å²) in [6.45, 7) is 13.4. The third kappa shape index (κ3) is 4.51. The monoisotopic (exact) mass is 392 g/mol. The maximum Gasteiger partial charge on any atom is 0.461 e.